The third kappa shape index (κ3) is 3.94. The summed E-state index contributed by atoms with van der Waals surface area (Å²) in [5, 5.41) is 11.5. The second-order valence-corrected chi connectivity index (χ2v) is 6.16. The van der Waals surface area contributed by atoms with E-state index in [-0.39, 0.29) is 11.8 Å². The zero-order valence-corrected chi connectivity index (χ0v) is 12.0. The second-order valence-electron chi connectivity index (χ2n) is 4.72. The fourth-order valence-corrected chi connectivity index (χ4v) is 3.33. The number of amides is 1. The van der Waals surface area contributed by atoms with E-state index in [1.807, 2.05) is 11.4 Å². The SMILES string of the molecule is O=C(O)C1CCN(C(=O)CCc2cc(Cl)cs2)CC1. The molecule has 0 atom stereocenters. The normalized spacial score (nSPS) is 16.6. The molecule has 0 aliphatic carbocycles. The van der Waals surface area contributed by atoms with E-state index in [0.717, 1.165) is 9.90 Å². The highest BCUT2D eigenvalue weighted by atomic mass is 35.5. The molecule has 2 heterocycles. The summed E-state index contributed by atoms with van der Waals surface area (Å²) in [5.74, 6) is -0.936. The van der Waals surface area contributed by atoms with Gasteiger partial charge in [-0.25, -0.2) is 0 Å². The molecule has 0 bridgehead atoms. The summed E-state index contributed by atoms with van der Waals surface area (Å²) in [7, 11) is 0. The molecule has 1 fully saturated rings. The number of carbonyl (C=O) groups is 2. The molecule has 1 amide bonds. The number of carboxylic acids is 1. The highest BCUT2D eigenvalue weighted by molar-refractivity contribution is 7.10. The van der Waals surface area contributed by atoms with Crippen molar-refractivity contribution >= 4 is 34.8 Å². The highest BCUT2D eigenvalue weighted by Crippen LogP contribution is 2.22. The van der Waals surface area contributed by atoms with E-state index in [1.54, 1.807) is 16.2 Å². The quantitative estimate of drug-likeness (QED) is 0.930. The second kappa shape index (κ2) is 6.39. The zero-order chi connectivity index (χ0) is 13.8. The maximum Gasteiger partial charge on any atom is 0.306 e. The number of aryl methyl sites for hydroxylation is 1. The maximum absolute atomic E-state index is 12.0. The average molecular weight is 302 g/mol. The summed E-state index contributed by atoms with van der Waals surface area (Å²) >= 11 is 7.39. The van der Waals surface area contributed by atoms with Gasteiger partial charge < -0.3 is 10.0 Å². The predicted molar refractivity (Wildman–Crippen MR) is 74.6 cm³/mol. The van der Waals surface area contributed by atoms with Crippen molar-refractivity contribution in [1.82, 2.24) is 4.90 Å². The lowest BCUT2D eigenvalue weighted by Gasteiger charge is -2.30. The van der Waals surface area contributed by atoms with Crippen LogP contribution in [0.25, 0.3) is 0 Å². The Bertz CT molecular complexity index is 466. The van der Waals surface area contributed by atoms with Crippen molar-refractivity contribution in [2.75, 3.05) is 13.1 Å². The standard InChI is InChI=1S/C13H16ClNO3S/c14-10-7-11(19-8-10)1-2-12(16)15-5-3-9(4-6-15)13(17)18/h7-9H,1-6H2,(H,17,18). The van der Waals surface area contributed by atoms with Gasteiger partial charge in [-0.15, -0.1) is 11.3 Å². The first kappa shape index (κ1) is 14.3. The number of thiophene rings is 1. The minimum Gasteiger partial charge on any atom is -0.481 e. The Morgan fingerprint density at radius 1 is 1.42 bits per heavy atom. The molecule has 6 heteroatoms. The molecule has 1 aliphatic heterocycles. The lowest BCUT2D eigenvalue weighted by atomic mass is 9.97. The molecule has 2 rings (SSSR count). The van der Waals surface area contributed by atoms with Gasteiger partial charge in [-0.2, -0.15) is 0 Å². The number of rotatable bonds is 4. The first-order valence-electron chi connectivity index (χ1n) is 6.30. The average Bonchev–Trinajstić information content (AvgIpc) is 2.82. The van der Waals surface area contributed by atoms with Crippen LogP contribution in [-0.2, 0) is 16.0 Å². The van der Waals surface area contributed by atoms with Crippen molar-refractivity contribution in [3.05, 3.63) is 21.3 Å². The number of carbonyl (C=O) groups excluding carboxylic acids is 1. The van der Waals surface area contributed by atoms with Crippen LogP contribution in [0, 0.1) is 5.92 Å². The van der Waals surface area contributed by atoms with E-state index in [9.17, 15) is 9.59 Å². The van der Waals surface area contributed by atoms with E-state index in [1.165, 1.54) is 0 Å². The van der Waals surface area contributed by atoms with Crippen LogP contribution in [0.1, 0.15) is 24.1 Å². The number of hydrogen-bond donors (Lipinski definition) is 1. The molecule has 4 nitrogen and oxygen atoms in total. The van der Waals surface area contributed by atoms with E-state index in [0.29, 0.717) is 38.8 Å². The predicted octanol–water partition coefficient (Wildman–Crippen LogP) is 2.66. The zero-order valence-electron chi connectivity index (χ0n) is 10.5. The molecule has 0 unspecified atom stereocenters. The van der Waals surface area contributed by atoms with Gasteiger partial charge in [0.15, 0.2) is 0 Å². The number of nitrogens with zero attached hydrogens (tertiary/aromatic N) is 1. The van der Waals surface area contributed by atoms with Gasteiger partial charge in [0, 0.05) is 29.8 Å². The molecular formula is C13H16ClNO3S. The minimum atomic E-state index is -0.750. The third-order valence-electron chi connectivity index (χ3n) is 3.40. The van der Waals surface area contributed by atoms with Crippen LogP contribution in [0.3, 0.4) is 0 Å². The fourth-order valence-electron chi connectivity index (χ4n) is 2.25. The van der Waals surface area contributed by atoms with Crippen molar-refractivity contribution in [3.8, 4) is 0 Å². The summed E-state index contributed by atoms with van der Waals surface area (Å²) in [5.41, 5.74) is 0. The summed E-state index contributed by atoms with van der Waals surface area (Å²) in [4.78, 5) is 25.7. The van der Waals surface area contributed by atoms with Crippen LogP contribution < -0.4 is 0 Å². The van der Waals surface area contributed by atoms with Crippen LogP contribution in [0.5, 0.6) is 0 Å². The first-order chi connectivity index (χ1) is 9.06. The molecule has 1 saturated heterocycles. The van der Waals surface area contributed by atoms with Gasteiger partial charge in [-0.3, -0.25) is 9.59 Å². The molecule has 1 aliphatic rings. The number of halogens is 1. The molecule has 0 spiro atoms. The van der Waals surface area contributed by atoms with Crippen molar-refractivity contribution in [3.63, 3.8) is 0 Å². The molecular weight excluding hydrogens is 286 g/mol. The van der Waals surface area contributed by atoms with Crippen molar-refractivity contribution < 1.29 is 14.7 Å². The molecule has 19 heavy (non-hydrogen) atoms. The summed E-state index contributed by atoms with van der Waals surface area (Å²) in [6.07, 6.45) is 2.29. The van der Waals surface area contributed by atoms with Crippen LogP contribution in [0.4, 0.5) is 0 Å². The van der Waals surface area contributed by atoms with Gasteiger partial charge in [-0.05, 0) is 25.3 Å². The molecule has 1 aromatic rings. The van der Waals surface area contributed by atoms with Crippen molar-refractivity contribution in [2.24, 2.45) is 5.92 Å². The highest BCUT2D eigenvalue weighted by Gasteiger charge is 2.26. The number of hydrogen-bond acceptors (Lipinski definition) is 3. The van der Waals surface area contributed by atoms with Crippen molar-refractivity contribution in [2.45, 2.75) is 25.7 Å². The Kier molecular flexibility index (Phi) is 4.82. The summed E-state index contributed by atoms with van der Waals surface area (Å²) < 4.78 is 0. The van der Waals surface area contributed by atoms with E-state index in [4.69, 9.17) is 16.7 Å². The lowest BCUT2D eigenvalue weighted by molar-refractivity contribution is -0.145. The number of carboxylic acid groups (broad SMARTS) is 1. The van der Waals surface area contributed by atoms with E-state index < -0.39 is 5.97 Å². The van der Waals surface area contributed by atoms with Gasteiger partial charge >= 0.3 is 5.97 Å². The van der Waals surface area contributed by atoms with Gasteiger partial charge in [0.2, 0.25) is 5.91 Å². The Balaban J connectivity index is 1.77. The van der Waals surface area contributed by atoms with Crippen molar-refractivity contribution in [1.29, 1.82) is 0 Å². The van der Waals surface area contributed by atoms with Crippen LogP contribution >= 0.6 is 22.9 Å². The van der Waals surface area contributed by atoms with Gasteiger partial charge in [-0.1, -0.05) is 11.6 Å². The molecule has 0 aromatic carbocycles. The van der Waals surface area contributed by atoms with Gasteiger partial charge in [0.25, 0.3) is 0 Å². The molecule has 1 N–H and O–H groups in total. The number of likely N-dealkylation sites (tertiary alicyclic amines) is 1. The van der Waals surface area contributed by atoms with Crippen LogP contribution in [0.15, 0.2) is 11.4 Å². The Morgan fingerprint density at radius 2 is 2.11 bits per heavy atom. The minimum absolute atomic E-state index is 0.105. The van der Waals surface area contributed by atoms with Crippen LogP contribution in [-0.4, -0.2) is 35.0 Å². The summed E-state index contributed by atoms with van der Waals surface area (Å²) in [6.45, 7) is 1.11. The lowest BCUT2D eigenvalue weighted by Crippen LogP contribution is -2.40. The topological polar surface area (TPSA) is 57.6 Å². The Hall–Kier alpha value is -1.07. The summed E-state index contributed by atoms with van der Waals surface area (Å²) in [6, 6.07) is 1.89. The molecule has 104 valence electrons. The van der Waals surface area contributed by atoms with E-state index in [2.05, 4.69) is 0 Å². The smallest absolute Gasteiger partial charge is 0.306 e. The number of piperidine rings is 1. The first-order valence-corrected chi connectivity index (χ1v) is 7.55. The third-order valence-corrected chi connectivity index (χ3v) is 4.75. The fraction of sp³-hybridized carbons (Fsp3) is 0.538. The van der Waals surface area contributed by atoms with Gasteiger partial charge in [0.05, 0.1) is 10.9 Å². The van der Waals surface area contributed by atoms with E-state index >= 15 is 0 Å². The van der Waals surface area contributed by atoms with Gasteiger partial charge in [0.1, 0.15) is 0 Å². The molecule has 0 radical (unpaired) electrons. The largest absolute Gasteiger partial charge is 0.481 e. The molecule has 1 aromatic heterocycles. The monoisotopic (exact) mass is 301 g/mol. The number of aliphatic carboxylic acids is 1. The Labute approximate surface area is 121 Å². The maximum atomic E-state index is 12.0. The molecule has 0 saturated carbocycles. The Morgan fingerprint density at radius 3 is 2.63 bits per heavy atom. The van der Waals surface area contributed by atoms with Crippen LogP contribution in [0.2, 0.25) is 5.02 Å².